The van der Waals surface area contributed by atoms with Crippen molar-refractivity contribution in [3.8, 4) is 0 Å². The zero-order chi connectivity index (χ0) is 9.30. The molecule has 0 aromatic rings. The highest BCUT2D eigenvalue weighted by atomic mass is 19.1. The summed E-state index contributed by atoms with van der Waals surface area (Å²) in [4.78, 5) is 0. The van der Waals surface area contributed by atoms with E-state index in [1.165, 1.54) is 0 Å². The number of rotatable bonds is 1. The van der Waals surface area contributed by atoms with E-state index in [-0.39, 0.29) is 0 Å². The summed E-state index contributed by atoms with van der Waals surface area (Å²) < 4.78 is 17.3. The summed E-state index contributed by atoms with van der Waals surface area (Å²) in [5.74, 6) is 0. The first-order valence-electron chi connectivity index (χ1n) is 3.52. The standard InChI is InChI=1S/C6H11FO5/c7-3-4(9)2(1-8)12-6(11)5(3)10/h2-6,8-11H,1H2/t2-,3-,4-,5-,6+/m0/s1. The molecule has 0 amide bonds. The third kappa shape index (κ3) is 1.57. The minimum atomic E-state index is -1.99. The molecule has 72 valence electrons. The molecular formula is C6H11FO5. The van der Waals surface area contributed by atoms with Crippen LogP contribution in [0.5, 0.6) is 0 Å². The van der Waals surface area contributed by atoms with Crippen molar-refractivity contribution in [2.24, 2.45) is 0 Å². The van der Waals surface area contributed by atoms with Gasteiger partial charge in [0.15, 0.2) is 12.5 Å². The first-order valence-corrected chi connectivity index (χ1v) is 3.52. The smallest absolute Gasteiger partial charge is 0.184 e. The lowest BCUT2D eigenvalue weighted by Gasteiger charge is -2.36. The van der Waals surface area contributed by atoms with Crippen molar-refractivity contribution in [2.75, 3.05) is 6.61 Å². The van der Waals surface area contributed by atoms with E-state index in [4.69, 9.17) is 20.4 Å². The highest BCUT2D eigenvalue weighted by molar-refractivity contribution is 4.88. The Balaban J connectivity index is 2.63. The van der Waals surface area contributed by atoms with Crippen molar-refractivity contribution >= 4 is 0 Å². The number of ether oxygens (including phenoxy) is 1. The Labute approximate surface area is 68.0 Å². The maximum atomic E-state index is 12.8. The van der Waals surface area contributed by atoms with Crippen LogP contribution in [-0.4, -0.2) is 57.8 Å². The fraction of sp³-hybridized carbons (Fsp3) is 1.00. The molecule has 0 radical (unpaired) electrons. The lowest BCUT2D eigenvalue weighted by Crippen LogP contribution is -2.56. The monoisotopic (exact) mass is 182 g/mol. The van der Waals surface area contributed by atoms with Crippen LogP contribution in [0.15, 0.2) is 0 Å². The van der Waals surface area contributed by atoms with Crippen LogP contribution in [0.3, 0.4) is 0 Å². The highest BCUT2D eigenvalue weighted by Crippen LogP contribution is 2.21. The van der Waals surface area contributed by atoms with Gasteiger partial charge in [-0.3, -0.25) is 0 Å². The molecule has 1 rings (SSSR count). The molecule has 1 aliphatic heterocycles. The predicted molar refractivity (Wildman–Crippen MR) is 34.9 cm³/mol. The van der Waals surface area contributed by atoms with Crippen molar-refractivity contribution in [1.29, 1.82) is 0 Å². The van der Waals surface area contributed by atoms with Crippen molar-refractivity contribution < 1.29 is 29.6 Å². The lowest BCUT2D eigenvalue weighted by molar-refractivity contribution is -0.274. The number of aliphatic hydroxyl groups is 4. The van der Waals surface area contributed by atoms with Gasteiger partial charge >= 0.3 is 0 Å². The maximum absolute atomic E-state index is 12.8. The Morgan fingerprint density at radius 3 is 2.25 bits per heavy atom. The Kier molecular flexibility index (Phi) is 2.97. The van der Waals surface area contributed by atoms with E-state index in [1.54, 1.807) is 0 Å². The Morgan fingerprint density at radius 2 is 1.75 bits per heavy atom. The molecule has 0 spiro atoms. The minimum Gasteiger partial charge on any atom is -0.394 e. The summed E-state index contributed by atoms with van der Waals surface area (Å²) in [5, 5.41) is 35.2. The second-order valence-electron chi connectivity index (χ2n) is 2.67. The number of alkyl halides is 1. The summed E-state index contributed by atoms with van der Waals surface area (Å²) in [6, 6.07) is 0. The summed E-state index contributed by atoms with van der Waals surface area (Å²) in [5.41, 5.74) is 0. The van der Waals surface area contributed by atoms with Crippen LogP contribution in [0.4, 0.5) is 4.39 Å². The molecule has 0 aromatic heterocycles. The van der Waals surface area contributed by atoms with E-state index in [1.807, 2.05) is 0 Å². The molecule has 1 fully saturated rings. The van der Waals surface area contributed by atoms with Crippen LogP contribution in [0.2, 0.25) is 0 Å². The molecule has 1 aliphatic rings. The van der Waals surface area contributed by atoms with Crippen LogP contribution in [-0.2, 0) is 4.74 Å². The van der Waals surface area contributed by atoms with Gasteiger partial charge in [-0.25, -0.2) is 4.39 Å². The molecular weight excluding hydrogens is 171 g/mol. The van der Waals surface area contributed by atoms with Gasteiger partial charge in [0.1, 0.15) is 18.3 Å². The zero-order valence-corrected chi connectivity index (χ0v) is 6.17. The van der Waals surface area contributed by atoms with Gasteiger partial charge in [0, 0.05) is 0 Å². The Bertz CT molecular complexity index is 150. The van der Waals surface area contributed by atoms with Gasteiger partial charge in [0.25, 0.3) is 0 Å². The predicted octanol–water partition coefficient (Wildman–Crippen LogP) is -2.24. The van der Waals surface area contributed by atoms with Gasteiger partial charge in [0.05, 0.1) is 6.61 Å². The third-order valence-corrected chi connectivity index (χ3v) is 1.82. The van der Waals surface area contributed by atoms with Gasteiger partial charge in [-0.2, -0.15) is 0 Å². The van der Waals surface area contributed by atoms with Gasteiger partial charge in [-0.05, 0) is 0 Å². The lowest BCUT2D eigenvalue weighted by atomic mass is 10.0. The van der Waals surface area contributed by atoms with E-state index >= 15 is 0 Å². The van der Waals surface area contributed by atoms with E-state index in [9.17, 15) is 4.39 Å². The summed E-state index contributed by atoms with van der Waals surface area (Å²) in [6.45, 7) is -0.606. The average Bonchev–Trinajstić information content (AvgIpc) is 2.08. The van der Waals surface area contributed by atoms with Gasteiger partial charge in [-0.1, -0.05) is 0 Å². The second kappa shape index (κ2) is 3.63. The first kappa shape index (κ1) is 9.82. The quantitative estimate of drug-likeness (QED) is 0.368. The van der Waals surface area contributed by atoms with Gasteiger partial charge in [0.2, 0.25) is 0 Å². The van der Waals surface area contributed by atoms with E-state index in [0.717, 1.165) is 0 Å². The van der Waals surface area contributed by atoms with Crippen LogP contribution in [0.1, 0.15) is 0 Å². The van der Waals surface area contributed by atoms with Crippen molar-refractivity contribution in [3.05, 3.63) is 0 Å². The second-order valence-corrected chi connectivity index (χ2v) is 2.67. The fourth-order valence-electron chi connectivity index (χ4n) is 1.06. The topological polar surface area (TPSA) is 90.2 Å². The van der Waals surface area contributed by atoms with Gasteiger partial charge < -0.3 is 25.2 Å². The van der Waals surface area contributed by atoms with Crippen LogP contribution in [0, 0.1) is 0 Å². The van der Waals surface area contributed by atoms with Crippen LogP contribution >= 0.6 is 0 Å². The molecule has 6 heteroatoms. The van der Waals surface area contributed by atoms with E-state index in [0.29, 0.717) is 0 Å². The molecule has 1 saturated heterocycles. The third-order valence-electron chi connectivity index (χ3n) is 1.82. The minimum absolute atomic E-state index is 0.606. The molecule has 1 heterocycles. The molecule has 0 aromatic carbocycles. The van der Waals surface area contributed by atoms with Crippen molar-refractivity contribution in [1.82, 2.24) is 0 Å². The van der Waals surface area contributed by atoms with Crippen LogP contribution in [0.25, 0.3) is 0 Å². The Hall–Kier alpha value is -0.270. The molecule has 0 unspecified atom stereocenters. The largest absolute Gasteiger partial charge is 0.394 e. The maximum Gasteiger partial charge on any atom is 0.184 e. The normalized spacial score (nSPS) is 49.2. The van der Waals surface area contributed by atoms with Crippen molar-refractivity contribution in [2.45, 2.75) is 30.8 Å². The first-order chi connectivity index (χ1) is 5.57. The molecule has 5 nitrogen and oxygen atoms in total. The fourth-order valence-corrected chi connectivity index (χ4v) is 1.06. The number of hydrogen-bond donors (Lipinski definition) is 4. The number of hydrogen-bond acceptors (Lipinski definition) is 5. The molecule has 0 saturated carbocycles. The van der Waals surface area contributed by atoms with Crippen molar-refractivity contribution in [3.63, 3.8) is 0 Å². The Morgan fingerprint density at radius 1 is 1.17 bits per heavy atom. The zero-order valence-electron chi connectivity index (χ0n) is 6.17. The van der Waals surface area contributed by atoms with E-state index < -0.39 is 37.4 Å². The van der Waals surface area contributed by atoms with Gasteiger partial charge in [-0.15, -0.1) is 0 Å². The number of aliphatic hydroxyl groups excluding tert-OH is 4. The highest BCUT2D eigenvalue weighted by Gasteiger charge is 2.43. The summed E-state index contributed by atoms with van der Waals surface area (Å²) >= 11 is 0. The average molecular weight is 182 g/mol. The summed E-state index contributed by atoms with van der Waals surface area (Å²) in [7, 11) is 0. The SMILES string of the molecule is OC[C@@H]1O[C@@H](O)[C@@H](O)[C@@H](F)[C@H]1O. The molecule has 12 heavy (non-hydrogen) atoms. The number of halogens is 1. The molecule has 4 N–H and O–H groups in total. The van der Waals surface area contributed by atoms with E-state index in [2.05, 4.69) is 4.74 Å². The molecule has 0 bridgehead atoms. The van der Waals surface area contributed by atoms with Crippen LogP contribution < -0.4 is 0 Å². The molecule has 0 aliphatic carbocycles. The summed E-state index contributed by atoms with van der Waals surface area (Å²) in [6.07, 6.45) is -8.24. The molecule has 5 atom stereocenters.